The molecule has 28 heavy (non-hydrogen) atoms. The van der Waals surface area contributed by atoms with Gasteiger partial charge in [-0.2, -0.15) is 0 Å². The third-order valence-corrected chi connectivity index (χ3v) is 4.38. The number of hydrogen-bond acceptors (Lipinski definition) is 4. The normalized spacial score (nSPS) is 14.3. The van der Waals surface area contributed by atoms with Crippen molar-refractivity contribution in [1.82, 2.24) is 16.0 Å². The number of aldehydes is 1. The Morgan fingerprint density at radius 3 is 1.75 bits per heavy atom. The van der Waals surface area contributed by atoms with Crippen molar-refractivity contribution in [1.29, 1.82) is 0 Å². The number of carbonyl (C=O) groups excluding carboxylic acids is 4. The van der Waals surface area contributed by atoms with Gasteiger partial charge in [0.05, 0.1) is 6.04 Å². The zero-order chi connectivity index (χ0) is 21.7. The maximum Gasteiger partial charge on any atom is 0.243 e. The first-order valence-corrected chi connectivity index (χ1v) is 10.5. The first-order valence-electron chi connectivity index (χ1n) is 10.5. The number of rotatable bonds is 14. The Kier molecular flexibility index (Phi) is 13.2. The highest BCUT2D eigenvalue weighted by atomic mass is 16.2. The Hall–Kier alpha value is -1.92. The van der Waals surface area contributed by atoms with E-state index in [1.165, 1.54) is 0 Å². The van der Waals surface area contributed by atoms with E-state index >= 15 is 0 Å². The summed E-state index contributed by atoms with van der Waals surface area (Å²) in [6.07, 6.45) is 4.32. The lowest BCUT2D eigenvalue weighted by Gasteiger charge is -2.26. The quantitative estimate of drug-likeness (QED) is 0.391. The van der Waals surface area contributed by atoms with E-state index in [1.54, 1.807) is 6.92 Å². The van der Waals surface area contributed by atoms with Gasteiger partial charge in [-0.25, -0.2) is 0 Å². The standard InChI is InChI=1S/C21H39N3O4/c1-7-9-10-16(13-25)22-20(27)18(12-15(5)6)24-21(28)17(11-14(3)4)23-19(26)8-2/h13-18H,7-12H2,1-6H3,(H,22,27)(H,23,26)(H,24,28)/t16-,17+,18-/m0/s1. The molecule has 0 unspecified atom stereocenters. The van der Waals surface area contributed by atoms with Crippen LogP contribution in [0.4, 0.5) is 0 Å². The van der Waals surface area contributed by atoms with Crippen LogP contribution in [-0.4, -0.2) is 42.1 Å². The fourth-order valence-corrected chi connectivity index (χ4v) is 2.86. The summed E-state index contributed by atoms with van der Waals surface area (Å²) in [5, 5.41) is 8.26. The second-order valence-electron chi connectivity index (χ2n) is 8.19. The molecule has 7 nitrogen and oxygen atoms in total. The third kappa shape index (κ3) is 11.0. The van der Waals surface area contributed by atoms with Crippen LogP contribution in [0.5, 0.6) is 0 Å². The highest BCUT2D eigenvalue weighted by molar-refractivity contribution is 5.92. The molecular weight excluding hydrogens is 358 g/mol. The molecule has 0 heterocycles. The van der Waals surface area contributed by atoms with Crippen LogP contribution in [-0.2, 0) is 19.2 Å². The fraction of sp³-hybridized carbons (Fsp3) is 0.810. The van der Waals surface area contributed by atoms with Crippen LogP contribution in [0.1, 0.15) is 80.1 Å². The molecule has 0 bridgehead atoms. The van der Waals surface area contributed by atoms with Crippen molar-refractivity contribution in [3.8, 4) is 0 Å². The largest absolute Gasteiger partial charge is 0.345 e. The summed E-state index contributed by atoms with van der Waals surface area (Å²) >= 11 is 0. The van der Waals surface area contributed by atoms with E-state index in [0.717, 1.165) is 19.1 Å². The van der Waals surface area contributed by atoms with Crippen molar-refractivity contribution < 1.29 is 19.2 Å². The summed E-state index contributed by atoms with van der Waals surface area (Å²) < 4.78 is 0. The minimum atomic E-state index is -0.746. The first kappa shape index (κ1) is 26.1. The number of unbranched alkanes of at least 4 members (excludes halogenated alkanes) is 1. The lowest BCUT2D eigenvalue weighted by Crippen LogP contribution is -2.55. The molecule has 0 aromatic carbocycles. The Morgan fingerprint density at radius 1 is 0.821 bits per heavy atom. The molecule has 162 valence electrons. The minimum absolute atomic E-state index is 0.176. The van der Waals surface area contributed by atoms with Gasteiger partial charge in [0, 0.05) is 6.42 Å². The Bertz CT molecular complexity index is 506. The molecule has 0 aliphatic rings. The molecule has 0 saturated heterocycles. The van der Waals surface area contributed by atoms with Crippen molar-refractivity contribution in [3.05, 3.63) is 0 Å². The first-order chi connectivity index (χ1) is 13.1. The van der Waals surface area contributed by atoms with Gasteiger partial charge >= 0.3 is 0 Å². The minimum Gasteiger partial charge on any atom is -0.345 e. The van der Waals surface area contributed by atoms with Crippen LogP contribution < -0.4 is 16.0 Å². The van der Waals surface area contributed by atoms with Crippen molar-refractivity contribution >= 4 is 24.0 Å². The van der Waals surface area contributed by atoms with E-state index in [2.05, 4.69) is 16.0 Å². The zero-order valence-corrected chi connectivity index (χ0v) is 18.3. The summed E-state index contributed by atoms with van der Waals surface area (Å²) in [4.78, 5) is 48.5. The monoisotopic (exact) mass is 397 g/mol. The van der Waals surface area contributed by atoms with Gasteiger partial charge in [-0.3, -0.25) is 14.4 Å². The van der Waals surface area contributed by atoms with Crippen molar-refractivity contribution in [2.45, 2.75) is 98.2 Å². The lowest BCUT2D eigenvalue weighted by atomic mass is 9.99. The predicted octanol–water partition coefficient (Wildman–Crippen LogP) is 2.33. The molecule has 0 rings (SSSR count). The van der Waals surface area contributed by atoms with Crippen LogP contribution in [0.3, 0.4) is 0 Å². The van der Waals surface area contributed by atoms with E-state index in [1.807, 2.05) is 34.6 Å². The molecule has 7 heteroatoms. The molecule has 0 aromatic heterocycles. The maximum absolute atomic E-state index is 12.8. The average molecular weight is 398 g/mol. The van der Waals surface area contributed by atoms with E-state index in [0.29, 0.717) is 19.3 Å². The smallest absolute Gasteiger partial charge is 0.243 e. The highest BCUT2D eigenvalue weighted by Crippen LogP contribution is 2.10. The number of hydrogen-bond donors (Lipinski definition) is 3. The SMILES string of the molecule is CCCC[C@@H](C=O)NC(=O)[C@H](CC(C)C)NC(=O)[C@@H](CC(C)C)NC(=O)CC. The van der Waals surface area contributed by atoms with Gasteiger partial charge in [-0.1, -0.05) is 54.4 Å². The van der Waals surface area contributed by atoms with Gasteiger partial charge in [-0.05, 0) is 31.1 Å². The lowest BCUT2D eigenvalue weighted by molar-refractivity contribution is -0.133. The zero-order valence-electron chi connectivity index (χ0n) is 18.3. The highest BCUT2D eigenvalue weighted by Gasteiger charge is 2.28. The van der Waals surface area contributed by atoms with Gasteiger partial charge in [0.1, 0.15) is 18.4 Å². The second kappa shape index (κ2) is 14.1. The van der Waals surface area contributed by atoms with E-state index < -0.39 is 18.1 Å². The molecule has 0 spiro atoms. The number of amides is 3. The van der Waals surface area contributed by atoms with Crippen molar-refractivity contribution in [2.24, 2.45) is 11.8 Å². The topological polar surface area (TPSA) is 104 Å². The van der Waals surface area contributed by atoms with Crippen molar-refractivity contribution in [2.75, 3.05) is 0 Å². The maximum atomic E-state index is 12.8. The van der Waals surface area contributed by atoms with Crippen molar-refractivity contribution in [3.63, 3.8) is 0 Å². The molecule has 0 aromatic rings. The second-order valence-corrected chi connectivity index (χ2v) is 8.19. The molecule has 0 aliphatic heterocycles. The van der Waals surface area contributed by atoms with Crippen LogP contribution in [0.15, 0.2) is 0 Å². The summed E-state index contributed by atoms with van der Waals surface area (Å²) in [6, 6.07) is -1.98. The van der Waals surface area contributed by atoms with Crippen LogP contribution in [0, 0.1) is 11.8 Å². The van der Waals surface area contributed by atoms with Gasteiger partial charge in [-0.15, -0.1) is 0 Å². The summed E-state index contributed by atoms with van der Waals surface area (Å²) in [5.41, 5.74) is 0. The van der Waals surface area contributed by atoms with E-state index in [4.69, 9.17) is 0 Å². The predicted molar refractivity (Wildman–Crippen MR) is 111 cm³/mol. The Labute approximate surface area is 169 Å². The Morgan fingerprint density at radius 2 is 1.32 bits per heavy atom. The molecule has 0 fully saturated rings. The molecule has 0 saturated carbocycles. The fourth-order valence-electron chi connectivity index (χ4n) is 2.86. The third-order valence-electron chi connectivity index (χ3n) is 4.38. The van der Waals surface area contributed by atoms with Gasteiger partial charge < -0.3 is 20.7 Å². The number of carbonyl (C=O) groups is 4. The van der Waals surface area contributed by atoms with Crippen LogP contribution in [0.25, 0.3) is 0 Å². The molecular formula is C21H39N3O4. The molecule has 3 atom stereocenters. The molecule has 3 amide bonds. The van der Waals surface area contributed by atoms with Gasteiger partial charge in [0.15, 0.2) is 0 Å². The van der Waals surface area contributed by atoms with Gasteiger partial charge in [0.2, 0.25) is 17.7 Å². The van der Waals surface area contributed by atoms with Gasteiger partial charge in [0.25, 0.3) is 0 Å². The summed E-state index contributed by atoms with van der Waals surface area (Å²) in [6.45, 7) is 11.6. The van der Waals surface area contributed by atoms with E-state index in [9.17, 15) is 19.2 Å². The number of nitrogens with one attached hydrogen (secondary N) is 3. The Balaban J connectivity index is 5.19. The average Bonchev–Trinajstić information content (AvgIpc) is 2.62. The molecule has 3 N–H and O–H groups in total. The van der Waals surface area contributed by atoms with Crippen LogP contribution >= 0.6 is 0 Å². The molecule has 0 aliphatic carbocycles. The van der Waals surface area contributed by atoms with E-state index in [-0.39, 0.29) is 36.0 Å². The summed E-state index contributed by atoms with van der Waals surface area (Å²) in [5.74, 6) is -0.548. The molecule has 0 radical (unpaired) electrons. The van der Waals surface area contributed by atoms with Crippen LogP contribution in [0.2, 0.25) is 0 Å². The summed E-state index contributed by atoms with van der Waals surface area (Å²) in [7, 11) is 0.